The van der Waals surface area contributed by atoms with Crippen LogP contribution in [0.4, 0.5) is 0 Å². The molecule has 0 aromatic carbocycles. The van der Waals surface area contributed by atoms with Crippen LogP contribution in [0.2, 0.25) is 0 Å². The van der Waals surface area contributed by atoms with Crippen LogP contribution in [0.15, 0.2) is 72.9 Å². The molecule has 2 aliphatic heterocycles. The normalized spacial score (nSPS) is 25.4. The topological polar surface area (TPSA) is 228 Å². The first kappa shape index (κ1) is 69.5. The van der Waals surface area contributed by atoms with Crippen molar-refractivity contribution in [2.45, 2.75) is 293 Å². The SMILES string of the molecule is CC/C=C\C/C=C\C/C=C\C/C=C\CCCCCCC(=O)NC(COC1OC(CO)C(OC2OC(CO)C(O)C(O)C2O)C(O)C1O)C(O)/C=C/CC/C=C/CCCCCCCCCCCCCCCCCCCCC. The molecule has 2 aliphatic rings. The van der Waals surface area contributed by atoms with Gasteiger partial charge < -0.3 is 65.1 Å². The van der Waals surface area contributed by atoms with Gasteiger partial charge in [0.2, 0.25) is 5.91 Å². The summed E-state index contributed by atoms with van der Waals surface area (Å²) >= 11 is 0. The highest BCUT2D eigenvalue weighted by Gasteiger charge is 2.51. The number of rotatable bonds is 47. The molecule has 0 radical (unpaired) electrons. The second kappa shape index (κ2) is 47.3. The quantitative estimate of drug-likeness (QED) is 0.0204. The first-order chi connectivity index (χ1) is 37.1. The highest BCUT2D eigenvalue weighted by atomic mass is 16.7. The Morgan fingerprint density at radius 3 is 1.45 bits per heavy atom. The fraction of sp³-hybridized carbons (Fsp3) is 0.790. The third-order valence-electron chi connectivity index (χ3n) is 14.4. The van der Waals surface area contributed by atoms with Gasteiger partial charge in [-0.05, 0) is 70.6 Å². The summed E-state index contributed by atoms with van der Waals surface area (Å²) in [6, 6.07) is -0.949. The number of ether oxygens (including phenoxy) is 4. The van der Waals surface area contributed by atoms with Gasteiger partial charge in [0, 0.05) is 6.42 Å². The monoisotopic (exact) mass is 1080 g/mol. The predicted molar refractivity (Wildman–Crippen MR) is 304 cm³/mol. The van der Waals surface area contributed by atoms with E-state index in [1.165, 1.54) is 122 Å². The van der Waals surface area contributed by atoms with E-state index < -0.39 is 86.8 Å². The molecule has 9 N–H and O–H groups in total. The second-order valence-corrected chi connectivity index (χ2v) is 21.1. The van der Waals surface area contributed by atoms with Crippen molar-refractivity contribution in [2.75, 3.05) is 19.8 Å². The van der Waals surface area contributed by atoms with Crippen molar-refractivity contribution >= 4 is 5.91 Å². The summed E-state index contributed by atoms with van der Waals surface area (Å²) in [5.41, 5.74) is 0. The van der Waals surface area contributed by atoms with E-state index in [9.17, 15) is 45.6 Å². The van der Waals surface area contributed by atoms with E-state index >= 15 is 0 Å². The van der Waals surface area contributed by atoms with E-state index in [-0.39, 0.29) is 18.9 Å². The number of nitrogens with one attached hydrogen (secondary N) is 1. The zero-order valence-corrected chi connectivity index (χ0v) is 47.2. The van der Waals surface area contributed by atoms with Crippen LogP contribution in [-0.2, 0) is 23.7 Å². The average molecular weight is 1080 g/mol. The Kier molecular flexibility index (Phi) is 43.2. The van der Waals surface area contributed by atoms with Gasteiger partial charge in [-0.15, -0.1) is 0 Å². The van der Waals surface area contributed by atoms with Gasteiger partial charge in [0.15, 0.2) is 12.6 Å². The molecule has 12 unspecified atom stereocenters. The van der Waals surface area contributed by atoms with Crippen molar-refractivity contribution in [2.24, 2.45) is 0 Å². The molecular formula is C62H109NO13. The molecule has 2 rings (SSSR count). The van der Waals surface area contributed by atoms with E-state index in [1.54, 1.807) is 6.08 Å². The first-order valence-electron chi connectivity index (χ1n) is 30.2. The van der Waals surface area contributed by atoms with Crippen molar-refractivity contribution in [3.05, 3.63) is 72.9 Å². The summed E-state index contributed by atoms with van der Waals surface area (Å²) in [6.07, 6.45) is 45.2. The summed E-state index contributed by atoms with van der Waals surface area (Å²) in [7, 11) is 0. The number of aliphatic hydroxyl groups is 8. The van der Waals surface area contributed by atoms with E-state index in [0.29, 0.717) is 12.8 Å². The maximum atomic E-state index is 13.2. The lowest BCUT2D eigenvalue weighted by Gasteiger charge is -2.46. The number of unbranched alkanes of at least 4 members (excludes halogenated alkanes) is 24. The van der Waals surface area contributed by atoms with Crippen LogP contribution in [-0.4, -0.2) is 140 Å². The summed E-state index contributed by atoms with van der Waals surface area (Å²) in [5.74, 6) is -0.274. The Bertz CT molecular complexity index is 1550. The smallest absolute Gasteiger partial charge is 0.220 e. The van der Waals surface area contributed by atoms with E-state index in [0.717, 1.165) is 64.2 Å². The van der Waals surface area contributed by atoms with Crippen LogP contribution in [0.1, 0.15) is 219 Å². The zero-order chi connectivity index (χ0) is 55.3. The molecular weight excluding hydrogens is 967 g/mol. The number of carbonyl (C=O) groups is 1. The van der Waals surface area contributed by atoms with Crippen molar-refractivity contribution in [1.29, 1.82) is 0 Å². The summed E-state index contributed by atoms with van der Waals surface area (Å²) in [5, 5.41) is 87.1. The Morgan fingerprint density at radius 1 is 0.487 bits per heavy atom. The van der Waals surface area contributed by atoms with Gasteiger partial charge in [-0.3, -0.25) is 4.79 Å². The second-order valence-electron chi connectivity index (χ2n) is 21.1. The molecule has 0 aromatic heterocycles. The number of aliphatic hydroxyl groups excluding tert-OH is 8. The number of allylic oxidation sites excluding steroid dienone is 11. The van der Waals surface area contributed by atoms with Crippen LogP contribution >= 0.6 is 0 Å². The van der Waals surface area contributed by atoms with Gasteiger partial charge in [0.1, 0.15) is 48.8 Å². The van der Waals surface area contributed by atoms with Crippen LogP contribution in [0.5, 0.6) is 0 Å². The molecule has 12 atom stereocenters. The fourth-order valence-corrected chi connectivity index (χ4v) is 9.53. The van der Waals surface area contributed by atoms with Gasteiger partial charge >= 0.3 is 0 Å². The molecule has 14 nitrogen and oxygen atoms in total. The molecule has 2 heterocycles. The Labute approximate surface area is 459 Å². The molecule has 0 saturated carbocycles. The minimum Gasteiger partial charge on any atom is -0.394 e. The molecule has 0 aliphatic carbocycles. The van der Waals surface area contributed by atoms with Crippen molar-refractivity contribution in [1.82, 2.24) is 5.32 Å². The van der Waals surface area contributed by atoms with Gasteiger partial charge in [0.05, 0.1) is 32.0 Å². The third kappa shape index (κ3) is 32.5. The molecule has 76 heavy (non-hydrogen) atoms. The molecule has 0 aromatic rings. The summed E-state index contributed by atoms with van der Waals surface area (Å²) < 4.78 is 22.7. The Morgan fingerprint density at radius 2 is 0.921 bits per heavy atom. The van der Waals surface area contributed by atoms with Gasteiger partial charge in [0.25, 0.3) is 0 Å². The van der Waals surface area contributed by atoms with Gasteiger partial charge in [-0.2, -0.15) is 0 Å². The largest absolute Gasteiger partial charge is 0.394 e. The lowest BCUT2D eigenvalue weighted by molar-refractivity contribution is -0.359. The molecule has 0 spiro atoms. The molecule has 2 fully saturated rings. The summed E-state index contributed by atoms with van der Waals surface area (Å²) in [4.78, 5) is 13.2. The number of amides is 1. The fourth-order valence-electron chi connectivity index (χ4n) is 9.53. The number of hydrogen-bond acceptors (Lipinski definition) is 13. The maximum Gasteiger partial charge on any atom is 0.220 e. The molecule has 440 valence electrons. The van der Waals surface area contributed by atoms with Crippen LogP contribution in [0, 0.1) is 0 Å². The predicted octanol–water partition coefficient (Wildman–Crippen LogP) is 10.3. The van der Waals surface area contributed by atoms with Crippen LogP contribution in [0.3, 0.4) is 0 Å². The van der Waals surface area contributed by atoms with E-state index in [4.69, 9.17) is 18.9 Å². The molecule has 0 bridgehead atoms. The minimum absolute atomic E-state index is 0.242. The van der Waals surface area contributed by atoms with Crippen molar-refractivity contribution in [3.63, 3.8) is 0 Å². The van der Waals surface area contributed by atoms with Crippen molar-refractivity contribution in [3.8, 4) is 0 Å². The first-order valence-corrected chi connectivity index (χ1v) is 30.2. The highest BCUT2D eigenvalue weighted by molar-refractivity contribution is 5.76. The number of hydrogen-bond donors (Lipinski definition) is 9. The average Bonchev–Trinajstić information content (AvgIpc) is 3.42. The molecule has 2 saturated heterocycles. The van der Waals surface area contributed by atoms with E-state index in [1.807, 2.05) is 6.08 Å². The summed E-state index contributed by atoms with van der Waals surface area (Å²) in [6.45, 7) is 2.65. The molecule has 14 heteroatoms. The van der Waals surface area contributed by atoms with Crippen molar-refractivity contribution < 1.29 is 64.6 Å². The Balaban J connectivity index is 1.78. The zero-order valence-electron chi connectivity index (χ0n) is 47.2. The van der Waals surface area contributed by atoms with E-state index in [2.05, 4.69) is 79.9 Å². The Hall–Kier alpha value is -2.57. The van der Waals surface area contributed by atoms with Crippen LogP contribution < -0.4 is 5.32 Å². The lowest BCUT2D eigenvalue weighted by atomic mass is 9.97. The number of carbonyl (C=O) groups excluding carboxylic acids is 1. The standard InChI is InChI=1S/C62H109NO13/c1-3-5-7-9-11-13-15-17-19-21-22-23-24-25-26-27-28-30-31-33-35-37-39-41-43-45-51(66)50(63-54(67)46-44-42-40-38-36-34-32-29-20-18-16-14-12-10-8-6-4-2)49-73-61-59(72)57(70)60(53(48-65)75-61)76-62-58(71)56(69)55(68)52(47-64)74-62/h6,8,12,14,18,20,32,34-35,37,43,45,50-53,55-62,64-66,68-72H,3-5,7,9-11,13,15-17,19,21-31,33,36,38-42,44,46-49H2,1-2H3,(H,63,67)/b8-6-,14-12-,20-18-,34-32-,37-35+,45-43+. The third-order valence-corrected chi connectivity index (χ3v) is 14.4. The van der Waals surface area contributed by atoms with Gasteiger partial charge in [-0.1, -0.05) is 215 Å². The van der Waals surface area contributed by atoms with Crippen LogP contribution in [0.25, 0.3) is 0 Å². The molecule has 1 amide bonds. The van der Waals surface area contributed by atoms with Gasteiger partial charge in [-0.25, -0.2) is 0 Å². The highest BCUT2D eigenvalue weighted by Crippen LogP contribution is 2.30. The maximum absolute atomic E-state index is 13.2. The minimum atomic E-state index is -1.80. The lowest BCUT2D eigenvalue weighted by Crippen LogP contribution is -2.65.